The molecule has 1 N–H and O–H groups in total. The smallest absolute Gasteiger partial charge is 0.364 e. The van der Waals surface area contributed by atoms with E-state index in [2.05, 4.69) is 15.5 Å². The molecule has 0 saturated heterocycles. The highest BCUT2D eigenvalue weighted by molar-refractivity contribution is 5.85. The molecular formula is C11H15ClF3N5. The van der Waals surface area contributed by atoms with Crippen LogP contribution in [0.25, 0.3) is 0 Å². The molecule has 5 nitrogen and oxygen atoms in total. The van der Waals surface area contributed by atoms with Crippen molar-refractivity contribution in [1.29, 1.82) is 0 Å². The Morgan fingerprint density at radius 1 is 1.30 bits per heavy atom. The summed E-state index contributed by atoms with van der Waals surface area (Å²) in [7, 11) is 3.03. The van der Waals surface area contributed by atoms with Gasteiger partial charge in [-0.3, -0.25) is 9.36 Å². The van der Waals surface area contributed by atoms with E-state index in [1.54, 1.807) is 17.9 Å². The van der Waals surface area contributed by atoms with Gasteiger partial charge < -0.3 is 5.32 Å². The van der Waals surface area contributed by atoms with Crippen LogP contribution in [0.15, 0.2) is 12.4 Å². The number of aryl methyl sites for hydroxylation is 3. The van der Waals surface area contributed by atoms with Gasteiger partial charge in [0.15, 0.2) is 5.82 Å². The van der Waals surface area contributed by atoms with Crippen LogP contribution >= 0.6 is 12.4 Å². The Hall–Kier alpha value is -1.70. The second kappa shape index (κ2) is 5.74. The van der Waals surface area contributed by atoms with Crippen LogP contribution in [0.2, 0.25) is 0 Å². The third kappa shape index (κ3) is 3.24. The number of halogens is 4. The minimum absolute atomic E-state index is 0. The Morgan fingerprint density at radius 2 is 1.95 bits per heavy atom. The van der Waals surface area contributed by atoms with Crippen molar-refractivity contribution in [3.05, 3.63) is 29.2 Å². The normalized spacial score (nSPS) is 11.3. The molecule has 0 spiro atoms. The molecule has 9 heteroatoms. The Bertz CT molecular complexity index is 587. The molecule has 20 heavy (non-hydrogen) atoms. The van der Waals surface area contributed by atoms with Gasteiger partial charge in [-0.15, -0.1) is 12.4 Å². The van der Waals surface area contributed by atoms with Crippen LogP contribution in [0, 0.1) is 6.92 Å². The molecule has 0 radical (unpaired) electrons. The SMILES string of the molecule is Cc1cn(C)nc1NCc1cnn(C)c1C(F)(F)F.Cl. The molecule has 2 rings (SSSR count). The van der Waals surface area contributed by atoms with E-state index in [1.807, 2.05) is 6.92 Å². The Kier molecular flexibility index (Phi) is 4.69. The molecule has 0 unspecified atom stereocenters. The summed E-state index contributed by atoms with van der Waals surface area (Å²) in [6.07, 6.45) is -1.41. The predicted molar refractivity (Wildman–Crippen MR) is 70.7 cm³/mol. The van der Waals surface area contributed by atoms with Gasteiger partial charge in [0.1, 0.15) is 5.69 Å². The van der Waals surface area contributed by atoms with Crippen molar-refractivity contribution in [3.8, 4) is 0 Å². The molecule has 2 aromatic heterocycles. The first-order chi connectivity index (χ1) is 8.79. The van der Waals surface area contributed by atoms with Gasteiger partial charge in [-0.2, -0.15) is 23.4 Å². The highest BCUT2D eigenvalue weighted by Crippen LogP contribution is 2.31. The molecular weight excluding hydrogens is 295 g/mol. The van der Waals surface area contributed by atoms with Crippen molar-refractivity contribution in [1.82, 2.24) is 19.6 Å². The highest BCUT2D eigenvalue weighted by atomic mass is 35.5. The predicted octanol–water partition coefficient (Wildman–Crippen LogP) is 2.51. The summed E-state index contributed by atoms with van der Waals surface area (Å²) in [5.74, 6) is 0.569. The van der Waals surface area contributed by atoms with Crippen LogP contribution in [0.5, 0.6) is 0 Å². The number of anilines is 1. The summed E-state index contributed by atoms with van der Waals surface area (Å²) in [6, 6.07) is 0. The zero-order valence-electron chi connectivity index (χ0n) is 11.2. The summed E-state index contributed by atoms with van der Waals surface area (Å²) < 4.78 is 41.0. The zero-order chi connectivity index (χ0) is 14.2. The third-order valence-electron chi connectivity index (χ3n) is 2.74. The molecule has 2 aromatic rings. The first kappa shape index (κ1) is 16.4. The van der Waals surface area contributed by atoms with Crippen molar-refractivity contribution in [2.45, 2.75) is 19.6 Å². The maximum atomic E-state index is 12.8. The topological polar surface area (TPSA) is 47.7 Å². The van der Waals surface area contributed by atoms with Gasteiger partial charge in [0.05, 0.1) is 6.20 Å². The van der Waals surface area contributed by atoms with Gasteiger partial charge in [0.25, 0.3) is 0 Å². The van der Waals surface area contributed by atoms with Crippen LogP contribution in [0.1, 0.15) is 16.8 Å². The maximum Gasteiger partial charge on any atom is 0.433 e. The third-order valence-corrected chi connectivity index (χ3v) is 2.74. The number of rotatable bonds is 3. The monoisotopic (exact) mass is 309 g/mol. The molecule has 0 aliphatic carbocycles. The first-order valence-electron chi connectivity index (χ1n) is 5.61. The molecule has 0 bridgehead atoms. The summed E-state index contributed by atoms with van der Waals surface area (Å²) in [5.41, 5.74) is 0.230. The van der Waals surface area contributed by atoms with E-state index < -0.39 is 11.9 Å². The Balaban J connectivity index is 0.00000200. The van der Waals surface area contributed by atoms with Crippen molar-refractivity contribution in [3.63, 3.8) is 0 Å². The van der Waals surface area contributed by atoms with Gasteiger partial charge in [-0.25, -0.2) is 0 Å². The minimum Gasteiger partial charge on any atom is -0.364 e. The molecule has 0 atom stereocenters. The van der Waals surface area contributed by atoms with Crippen molar-refractivity contribution in [2.24, 2.45) is 14.1 Å². The largest absolute Gasteiger partial charge is 0.433 e. The van der Waals surface area contributed by atoms with Crippen LogP contribution in [0.3, 0.4) is 0 Å². The zero-order valence-corrected chi connectivity index (χ0v) is 12.0. The van der Waals surface area contributed by atoms with Crippen LogP contribution in [0.4, 0.5) is 19.0 Å². The standard InChI is InChI=1S/C11H14F3N5.ClH/c1-7-6-18(2)17-10(7)15-4-8-5-16-19(3)9(8)11(12,13)14;/h5-6H,4H2,1-3H3,(H,15,17);1H. The molecule has 0 fully saturated rings. The number of hydrogen-bond donors (Lipinski definition) is 1. The van der Waals surface area contributed by atoms with E-state index in [0.29, 0.717) is 5.82 Å². The van der Waals surface area contributed by atoms with Crippen LogP contribution in [-0.4, -0.2) is 19.6 Å². The fraction of sp³-hybridized carbons (Fsp3) is 0.455. The van der Waals surface area contributed by atoms with Gasteiger partial charge in [0.2, 0.25) is 0 Å². The van der Waals surface area contributed by atoms with E-state index in [9.17, 15) is 13.2 Å². The van der Waals surface area contributed by atoms with Crippen molar-refractivity contribution < 1.29 is 13.2 Å². The average Bonchev–Trinajstić information content (AvgIpc) is 2.78. The highest BCUT2D eigenvalue weighted by Gasteiger charge is 2.37. The van der Waals surface area contributed by atoms with Crippen molar-refractivity contribution in [2.75, 3.05) is 5.32 Å². The van der Waals surface area contributed by atoms with E-state index in [4.69, 9.17) is 0 Å². The van der Waals surface area contributed by atoms with E-state index in [-0.39, 0.29) is 24.5 Å². The summed E-state index contributed by atoms with van der Waals surface area (Å²) >= 11 is 0. The summed E-state index contributed by atoms with van der Waals surface area (Å²) in [4.78, 5) is 0. The number of hydrogen-bond acceptors (Lipinski definition) is 3. The van der Waals surface area contributed by atoms with E-state index in [0.717, 1.165) is 10.2 Å². The van der Waals surface area contributed by atoms with Gasteiger partial charge in [0, 0.05) is 38.0 Å². The lowest BCUT2D eigenvalue weighted by molar-refractivity contribution is -0.144. The molecule has 0 saturated carbocycles. The Morgan fingerprint density at radius 3 is 2.45 bits per heavy atom. The number of alkyl halides is 3. The van der Waals surface area contributed by atoms with Gasteiger partial charge in [-0.1, -0.05) is 0 Å². The van der Waals surface area contributed by atoms with E-state index in [1.165, 1.54) is 13.2 Å². The molecule has 0 amide bonds. The lowest BCUT2D eigenvalue weighted by Crippen LogP contribution is -2.15. The minimum atomic E-state index is -4.42. The summed E-state index contributed by atoms with van der Waals surface area (Å²) in [5, 5.41) is 10.7. The van der Waals surface area contributed by atoms with E-state index >= 15 is 0 Å². The van der Waals surface area contributed by atoms with Gasteiger partial charge >= 0.3 is 6.18 Å². The fourth-order valence-corrected chi connectivity index (χ4v) is 1.94. The second-order valence-corrected chi connectivity index (χ2v) is 4.33. The Labute approximate surface area is 120 Å². The number of nitrogens with one attached hydrogen (secondary N) is 1. The number of aromatic nitrogens is 4. The molecule has 0 aromatic carbocycles. The van der Waals surface area contributed by atoms with Crippen molar-refractivity contribution >= 4 is 18.2 Å². The quantitative estimate of drug-likeness (QED) is 0.947. The lowest BCUT2D eigenvalue weighted by atomic mass is 10.2. The average molecular weight is 310 g/mol. The maximum absolute atomic E-state index is 12.8. The lowest BCUT2D eigenvalue weighted by Gasteiger charge is -2.10. The molecule has 0 aliphatic heterocycles. The van der Waals surface area contributed by atoms with Gasteiger partial charge in [-0.05, 0) is 6.92 Å². The molecule has 112 valence electrons. The number of nitrogens with zero attached hydrogens (tertiary/aromatic N) is 4. The molecule has 2 heterocycles. The first-order valence-corrected chi connectivity index (χ1v) is 5.61. The second-order valence-electron chi connectivity index (χ2n) is 4.33. The summed E-state index contributed by atoms with van der Waals surface area (Å²) in [6.45, 7) is 1.86. The van der Waals surface area contributed by atoms with Crippen LogP contribution < -0.4 is 5.32 Å². The molecule has 0 aliphatic rings. The van der Waals surface area contributed by atoms with Crippen LogP contribution in [-0.2, 0) is 26.8 Å². The fourth-order valence-electron chi connectivity index (χ4n) is 1.94.